The number of rotatable bonds is 2. The van der Waals surface area contributed by atoms with Crippen LogP contribution in [0.1, 0.15) is 0 Å². The first kappa shape index (κ1) is 22.2. The summed E-state index contributed by atoms with van der Waals surface area (Å²) < 4.78 is 4.96. The zero-order chi connectivity index (χ0) is 26.2. The predicted octanol–water partition coefficient (Wildman–Crippen LogP) is 10.9. The lowest BCUT2D eigenvalue weighted by molar-refractivity contribution is 1.25. The zero-order valence-electron chi connectivity index (χ0n) is 21.3. The van der Waals surface area contributed by atoms with E-state index in [1.165, 1.54) is 51.8 Å². The Bertz CT molecular complexity index is 2430. The minimum Gasteiger partial charge on any atom is -0.226 e. The highest BCUT2D eigenvalue weighted by Crippen LogP contribution is 2.45. The van der Waals surface area contributed by atoms with E-state index in [-0.39, 0.29) is 0 Å². The van der Waals surface area contributed by atoms with E-state index in [9.17, 15) is 0 Å². The Hall–Kier alpha value is -4.64. The molecule has 0 unspecified atom stereocenters. The Kier molecular flexibility index (Phi) is 4.68. The van der Waals surface area contributed by atoms with Gasteiger partial charge in [-0.05, 0) is 34.4 Å². The highest BCUT2D eigenvalue weighted by molar-refractivity contribution is 7.27. The van der Waals surface area contributed by atoms with Crippen LogP contribution in [0.5, 0.6) is 0 Å². The summed E-state index contributed by atoms with van der Waals surface area (Å²) in [4.78, 5) is 10.7. The molecule has 9 rings (SSSR count). The lowest BCUT2D eigenvalue weighted by Crippen LogP contribution is -1.95. The van der Waals surface area contributed by atoms with Crippen molar-refractivity contribution < 1.29 is 0 Å². The second-order valence-electron chi connectivity index (χ2n) is 10.1. The van der Waals surface area contributed by atoms with Gasteiger partial charge in [0.2, 0.25) is 0 Å². The summed E-state index contributed by atoms with van der Waals surface area (Å²) >= 11 is 3.64. The number of fused-ring (bicyclic) bond motifs is 10. The van der Waals surface area contributed by atoms with E-state index >= 15 is 0 Å². The lowest BCUT2D eigenvalue weighted by atomic mass is 9.95. The molecule has 0 spiro atoms. The molecule has 0 saturated heterocycles. The maximum absolute atomic E-state index is 5.36. The van der Waals surface area contributed by atoms with Gasteiger partial charge in [0.25, 0.3) is 0 Å². The third-order valence-corrected chi connectivity index (χ3v) is 10.2. The topological polar surface area (TPSA) is 25.8 Å². The molecule has 40 heavy (non-hydrogen) atoms. The molecule has 0 amide bonds. The van der Waals surface area contributed by atoms with Crippen molar-refractivity contribution in [2.24, 2.45) is 0 Å². The van der Waals surface area contributed by atoms with E-state index in [0.717, 1.165) is 32.9 Å². The Morgan fingerprint density at radius 2 is 1.12 bits per heavy atom. The van der Waals surface area contributed by atoms with Gasteiger partial charge in [-0.1, -0.05) is 103 Å². The highest BCUT2D eigenvalue weighted by atomic mass is 32.1. The number of aromatic nitrogens is 2. The van der Waals surface area contributed by atoms with Gasteiger partial charge >= 0.3 is 0 Å². The van der Waals surface area contributed by atoms with E-state index in [4.69, 9.17) is 9.97 Å². The molecule has 0 bridgehead atoms. The number of nitrogens with zero attached hydrogens (tertiary/aromatic N) is 2. The third-order valence-electron chi connectivity index (χ3n) is 7.87. The monoisotopic (exact) mass is 544 g/mol. The average Bonchev–Trinajstić information content (AvgIpc) is 3.59. The minimum atomic E-state index is 0.774. The van der Waals surface area contributed by atoms with Crippen LogP contribution in [0.3, 0.4) is 0 Å². The molecule has 0 aliphatic rings. The molecule has 4 heteroatoms. The maximum atomic E-state index is 5.36. The van der Waals surface area contributed by atoms with Gasteiger partial charge in [0, 0.05) is 46.8 Å². The predicted molar refractivity (Wildman–Crippen MR) is 174 cm³/mol. The molecule has 0 fully saturated rings. The zero-order valence-corrected chi connectivity index (χ0v) is 22.9. The van der Waals surface area contributed by atoms with Gasteiger partial charge in [-0.2, -0.15) is 0 Å². The summed E-state index contributed by atoms with van der Waals surface area (Å²) in [7, 11) is 0. The molecular weight excluding hydrogens is 525 g/mol. The smallest absolute Gasteiger partial charge is 0.161 e. The van der Waals surface area contributed by atoms with Crippen molar-refractivity contribution in [2.75, 3.05) is 0 Å². The number of hydrogen-bond donors (Lipinski definition) is 0. The van der Waals surface area contributed by atoms with Crippen LogP contribution in [-0.4, -0.2) is 9.97 Å². The van der Waals surface area contributed by atoms with Gasteiger partial charge in [0.1, 0.15) is 0 Å². The quantitative estimate of drug-likeness (QED) is 0.202. The van der Waals surface area contributed by atoms with Gasteiger partial charge in [0.15, 0.2) is 5.82 Å². The van der Waals surface area contributed by atoms with Crippen molar-refractivity contribution >= 4 is 84.7 Å². The summed E-state index contributed by atoms with van der Waals surface area (Å²) in [5.74, 6) is 0.774. The van der Waals surface area contributed by atoms with Crippen molar-refractivity contribution in [3.63, 3.8) is 0 Å². The molecule has 0 aliphatic carbocycles. The second-order valence-corrected chi connectivity index (χ2v) is 12.3. The van der Waals surface area contributed by atoms with Crippen molar-refractivity contribution in [1.82, 2.24) is 9.97 Å². The van der Waals surface area contributed by atoms with Crippen molar-refractivity contribution in [3.8, 4) is 22.6 Å². The summed E-state index contributed by atoms with van der Waals surface area (Å²) in [6, 6.07) is 43.4. The van der Waals surface area contributed by atoms with Crippen LogP contribution < -0.4 is 0 Å². The second kappa shape index (κ2) is 8.43. The molecule has 2 nitrogen and oxygen atoms in total. The maximum Gasteiger partial charge on any atom is 0.161 e. The van der Waals surface area contributed by atoms with Crippen LogP contribution in [0.2, 0.25) is 0 Å². The van der Waals surface area contributed by atoms with E-state index in [0.29, 0.717) is 0 Å². The molecule has 0 radical (unpaired) electrons. The summed E-state index contributed by atoms with van der Waals surface area (Å²) in [5.41, 5.74) is 4.21. The number of thiophene rings is 2. The van der Waals surface area contributed by atoms with Crippen LogP contribution in [-0.2, 0) is 0 Å². The van der Waals surface area contributed by atoms with Gasteiger partial charge in [-0.15, -0.1) is 22.7 Å². The molecule has 186 valence electrons. The summed E-state index contributed by atoms with van der Waals surface area (Å²) in [5, 5.41) is 8.70. The first-order valence-electron chi connectivity index (χ1n) is 13.3. The molecular formula is C36H20N2S2. The van der Waals surface area contributed by atoms with Crippen LogP contribution >= 0.6 is 22.7 Å². The molecule has 3 heterocycles. The van der Waals surface area contributed by atoms with E-state index < -0.39 is 0 Å². The number of hydrogen-bond acceptors (Lipinski definition) is 4. The Balaban J connectivity index is 1.48. The van der Waals surface area contributed by atoms with Gasteiger partial charge < -0.3 is 0 Å². The van der Waals surface area contributed by atoms with E-state index in [1.54, 1.807) is 11.3 Å². The van der Waals surface area contributed by atoms with Crippen LogP contribution in [0.4, 0.5) is 0 Å². The third kappa shape index (κ3) is 3.15. The fourth-order valence-electron chi connectivity index (χ4n) is 6.06. The normalized spacial score (nSPS) is 12.0. The van der Waals surface area contributed by atoms with E-state index in [1.807, 2.05) is 11.3 Å². The minimum absolute atomic E-state index is 0.774. The Morgan fingerprint density at radius 1 is 0.475 bits per heavy atom. The summed E-state index contributed by atoms with van der Waals surface area (Å²) in [6.07, 6.45) is 0. The molecule has 0 aliphatic heterocycles. The standard InChI is InChI=1S/C36H20N2S2/c1-2-10-21(11-3-1)32-35-33(27-15-7-9-17-30(27)40-35)38-36(37-32)28-20-22-12-4-5-13-23(22)25-18-19-26-24-14-6-8-16-29(24)39-34(26)31(25)28/h1-20H. The van der Waals surface area contributed by atoms with Gasteiger partial charge in [-0.25, -0.2) is 9.97 Å². The Morgan fingerprint density at radius 3 is 1.98 bits per heavy atom. The molecule has 0 atom stereocenters. The average molecular weight is 545 g/mol. The fourth-order valence-corrected chi connectivity index (χ4v) is 8.47. The van der Waals surface area contributed by atoms with E-state index in [2.05, 4.69) is 121 Å². The van der Waals surface area contributed by atoms with Crippen molar-refractivity contribution in [3.05, 3.63) is 121 Å². The fraction of sp³-hybridized carbons (Fsp3) is 0. The first-order chi connectivity index (χ1) is 19.8. The molecule has 3 aromatic heterocycles. The lowest BCUT2D eigenvalue weighted by Gasteiger charge is -2.13. The van der Waals surface area contributed by atoms with Gasteiger partial charge in [0.05, 0.1) is 15.9 Å². The highest BCUT2D eigenvalue weighted by Gasteiger charge is 2.20. The number of benzene rings is 6. The van der Waals surface area contributed by atoms with Crippen molar-refractivity contribution in [1.29, 1.82) is 0 Å². The van der Waals surface area contributed by atoms with Crippen LogP contribution in [0.15, 0.2) is 121 Å². The molecule has 0 saturated carbocycles. The Labute approximate surface area is 237 Å². The SMILES string of the molecule is c1ccc(-c2nc(-c3cc4ccccc4c4ccc5c6ccccc6sc5c34)nc3c2sc2ccccc23)cc1. The summed E-state index contributed by atoms with van der Waals surface area (Å²) in [6.45, 7) is 0. The molecule has 6 aromatic carbocycles. The largest absolute Gasteiger partial charge is 0.226 e. The van der Waals surface area contributed by atoms with Crippen molar-refractivity contribution in [2.45, 2.75) is 0 Å². The molecule has 0 N–H and O–H groups in total. The van der Waals surface area contributed by atoms with Crippen LogP contribution in [0, 0.1) is 0 Å². The first-order valence-corrected chi connectivity index (χ1v) is 15.0. The molecule has 9 aromatic rings. The van der Waals surface area contributed by atoms with Crippen LogP contribution in [0.25, 0.3) is 84.7 Å². The van der Waals surface area contributed by atoms with Gasteiger partial charge in [-0.3, -0.25) is 0 Å².